The fraction of sp³-hybridized carbons (Fsp3) is 0.625. The highest BCUT2D eigenvalue weighted by molar-refractivity contribution is 5.37. The van der Waals surface area contributed by atoms with E-state index in [0.29, 0.717) is 11.7 Å². The van der Waals surface area contributed by atoms with E-state index in [1.54, 1.807) is 6.07 Å². The third-order valence-electron chi connectivity index (χ3n) is 3.91. The second-order valence-corrected chi connectivity index (χ2v) is 6.16. The highest BCUT2D eigenvalue weighted by Gasteiger charge is 2.47. The van der Waals surface area contributed by atoms with Gasteiger partial charge in [0.1, 0.15) is 42.4 Å². The quantitative estimate of drug-likeness (QED) is 0.350. The van der Waals surface area contributed by atoms with Crippen molar-refractivity contribution in [2.24, 2.45) is 0 Å². The Labute approximate surface area is 135 Å². The van der Waals surface area contributed by atoms with Gasteiger partial charge in [0.15, 0.2) is 0 Å². The molecule has 132 valence electrons. The van der Waals surface area contributed by atoms with Gasteiger partial charge in [-0.3, -0.25) is 0 Å². The van der Waals surface area contributed by atoms with E-state index in [2.05, 4.69) is 13.8 Å². The number of phenolic OH excluding ortho intramolecular Hbond substituents is 1. The second kappa shape index (κ2) is 8.05. The van der Waals surface area contributed by atoms with Crippen LogP contribution in [0, 0.1) is 6.92 Å². The number of aliphatic hydroxyl groups excluding tert-OH is 6. The van der Waals surface area contributed by atoms with Crippen LogP contribution in [0.1, 0.15) is 30.9 Å². The molecule has 0 radical (unpaired) electrons. The van der Waals surface area contributed by atoms with Crippen molar-refractivity contribution in [1.82, 2.24) is 0 Å². The third kappa shape index (κ3) is 4.63. The zero-order valence-electron chi connectivity index (χ0n) is 13.4. The first kappa shape index (κ1) is 19.8. The van der Waals surface area contributed by atoms with E-state index >= 15 is 0 Å². The molecule has 0 spiro atoms. The Morgan fingerprint density at radius 1 is 0.739 bits per heavy atom. The number of hydrogen-bond acceptors (Lipinski definition) is 7. The maximum atomic E-state index is 9.46. The molecule has 7 heteroatoms. The standard InChI is InChI=1S/C10H14O.C6H12O6/c1-7(2)9-5-4-8(3)6-10(9)11;7-1-2(8)4(10)6(12)5(11)3(1)9/h4-7,11H,1-3H3;1-12H. The summed E-state index contributed by atoms with van der Waals surface area (Å²) in [5.74, 6) is 0.815. The monoisotopic (exact) mass is 330 g/mol. The summed E-state index contributed by atoms with van der Waals surface area (Å²) in [6.45, 7) is 6.12. The van der Waals surface area contributed by atoms with Crippen LogP contribution in [0.25, 0.3) is 0 Å². The Bertz CT molecular complexity index is 447. The average molecular weight is 330 g/mol. The van der Waals surface area contributed by atoms with Gasteiger partial charge in [-0.2, -0.15) is 0 Å². The van der Waals surface area contributed by atoms with E-state index in [0.717, 1.165) is 11.1 Å². The molecule has 0 saturated heterocycles. The Morgan fingerprint density at radius 3 is 1.35 bits per heavy atom. The van der Waals surface area contributed by atoms with E-state index in [1.807, 2.05) is 19.1 Å². The smallest absolute Gasteiger partial charge is 0.119 e. The van der Waals surface area contributed by atoms with Crippen LogP contribution in [0.3, 0.4) is 0 Å². The van der Waals surface area contributed by atoms with Gasteiger partial charge in [-0.05, 0) is 30.0 Å². The lowest BCUT2D eigenvalue weighted by atomic mass is 9.85. The summed E-state index contributed by atoms with van der Waals surface area (Å²) in [6, 6.07) is 5.81. The van der Waals surface area contributed by atoms with E-state index in [1.165, 1.54) is 0 Å². The highest BCUT2D eigenvalue weighted by Crippen LogP contribution is 2.25. The maximum Gasteiger partial charge on any atom is 0.119 e. The van der Waals surface area contributed by atoms with Gasteiger partial charge in [0.2, 0.25) is 0 Å². The summed E-state index contributed by atoms with van der Waals surface area (Å²) in [5.41, 5.74) is 2.13. The minimum atomic E-state index is -1.64. The molecule has 1 fully saturated rings. The highest BCUT2D eigenvalue weighted by atomic mass is 16.4. The molecule has 0 atom stereocenters. The molecule has 1 saturated carbocycles. The minimum Gasteiger partial charge on any atom is -0.508 e. The van der Waals surface area contributed by atoms with Crippen LogP contribution in [-0.2, 0) is 0 Å². The molecule has 7 N–H and O–H groups in total. The number of phenols is 1. The number of rotatable bonds is 1. The van der Waals surface area contributed by atoms with Crippen LogP contribution in [0.5, 0.6) is 5.75 Å². The topological polar surface area (TPSA) is 142 Å². The molecule has 0 amide bonds. The zero-order valence-corrected chi connectivity index (χ0v) is 13.4. The number of hydrogen-bond donors (Lipinski definition) is 7. The van der Waals surface area contributed by atoms with E-state index in [9.17, 15) is 5.11 Å². The summed E-state index contributed by atoms with van der Waals surface area (Å²) in [4.78, 5) is 0. The molecule has 1 aromatic rings. The van der Waals surface area contributed by atoms with Crippen LogP contribution < -0.4 is 0 Å². The lowest BCUT2D eigenvalue weighted by molar-refractivity contribution is -0.223. The number of aromatic hydroxyl groups is 1. The molecule has 23 heavy (non-hydrogen) atoms. The van der Waals surface area contributed by atoms with Crippen molar-refractivity contribution < 1.29 is 35.7 Å². The minimum absolute atomic E-state index is 0.399. The second-order valence-electron chi connectivity index (χ2n) is 6.16. The van der Waals surface area contributed by atoms with Crippen molar-refractivity contribution in [3.8, 4) is 5.75 Å². The Kier molecular flexibility index (Phi) is 6.94. The van der Waals surface area contributed by atoms with Gasteiger partial charge < -0.3 is 35.7 Å². The molecule has 0 unspecified atom stereocenters. The molecular formula is C16H26O7. The van der Waals surface area contributed by atoms with Crippen LogP contribution >= 0.6 is 0 Å². The zero-order chi connectivity index (χ0) is 17.9. The van der Waals surface area contributed by atoms with Crippen molar-refractivity contribution >= 4 is 0 Å². The third-order valence-corrected chi connectivity index (χ3v) is 3.91. The summed E-state index contributed by atoms with van der Waals surface area (Å²) >= 11 is 0. The van der Waals surface area contributed by atoms with Gasteiger partial charge in [-0.15, -0.1) is 0 Å². The van der Waals surface area contributed by atoms with Crippen LogP contribution in [-0.4, -0.2) is 72.4 Å². The molecule has 0 heterocycles. The Hall–Kier alpha value is -1.22. The molecule has 1 aliphatic carbocycles. The van der Waals surface area contributed by atoms with Crippen molar-refractivity contribution in [3.63, 3.8) is 0 Å². The van der Waals surface area contributed by atoms with Crippen molar-refractivity contribution in [2.45, 2.75) is 63.3 Å². The van der Waals surface area contributed by atoms with E-state index < -0.39 is 36.6 Å². The molecule has 0 bridgehead atoms. The summed E-state index contributed by atoms with van der Waals surface area (Å²) < 4.78 is 0. The molecule has 7 nitrogen and oxygen atoms in total. The SMILES string of the molecule is Cc1ccc(C(C)C)c(O)c1.OC1C(O)C(O)C(O)C(O)C1O. The number of aryl methyl sites for hydroxylation is 1. The normalized spacial score (nSPS) is 34.0. The Balaban J connectivity index is 0.000000231. The fourth-order valence-electron chi connectivity index (χ4n) is 2.35. The molecule has 0 aliphatic heterocycles. The van der Waals surface area contributed by atoms with Crippen LogP contribution in [0.2, 0.25) is 0 Å². The van der Waals surface area contributed by atoms with E-state index in [-0.39, 0.29) is 0 Å². The van der Waals surface area contributed by atoms with Gasteiger partial charge >= 0.3 is 0 Å². The van der Waals surface area contributed by atoms with Crippen molar-refractivity contribution in [2.75, 3.05) is 0 Å². The van der Waals surface area contributed by atoms with Crippen molar-refractivity contribution in [3.05, 3.63) is 29.3 Å². The lowest BCUT2D eigenvalue weighted by Gasteiger charge is -2.39. The number of aliphatic hydroxyl groups is 6. The Morgan fingerprint density at radius 2 is 1.09 bits per heavy atom. The predicted octanol–water partition coefficient (Wildman–Crippen LogP) is -1.01. The summed E-state index contributed by atoms with van der Waals surface area (Å²) in [6.07, 6.45) is -9.84. The van der Waals surface area contributed by atoms with Gasteiger partial charge in [0.05, 0.1) is 0 Å². The van der Waals surface area contributed by atoms with E-state index in [4.69, 9.17) is 30.6 Å². The maximum absolute atomic E-state index is 9.46. The molecule has 0 aromatic heterocycles. The lowest BCUT2D eigenvalue weighted by Crippen LogP contribution is -2.63. The predicted molar refractivity (Wildman–Crippen MR) is 83.0 cm³/mol. The molecule has 1 aromatic carbocycles. The van der Waals surface area contributed by atoms with Gasteiger partial charge in [0.25, 0.3) is 0 Å². The van der Waals surface area contributed by atoms with Gasteiger partial charge in [0, 0.05) is 0 Å². The summed E-state index contributed by atoms with van der Waals surface area (Å²) in [7, 11) is 0. The first-order valence-electron chi connectivity index (χ1n) is 7.45. The fourth-order valence-corrected chi connectivity index (χ4v) is 2.35. The first-order valence-corrected chi connectivity index (χ1v) is 7.45. The number of benzene rings is 1. The van der Waals surface area contributed by atoms with Crippen LogP contribution in [0.15, 0.2) is 18.2 Å². The van der Waals surface area contributed by atoms with Gasteiger partial charge in [-0.1, -0.05) is 26.0 Å². The molecular weight excluding hydrogens is 304 g/mol. The van der Waals surface area contributed by atoms with Crippen molar-refractivity contribution in [1.29, 1.82) is 0 Å². The average Bonchev–Trinajstić information content (AvgIpc) is 2.49. The first-order chi connectivity index (χ1) is 10.6. The summed E-state index contributed by atoms with van der Waals surface area (Å²) in [5, 5.41) is 63.3. The molecule has 2 rings (SSSR count). The largest absolute Gasteiger partial charge is 0.508 e. The van der Waals surface area contributed by atoms with Crippen LogP contribution in [0.4, 0.5) is 0 Å². The van der Waals surface area contributed by atoms with Gasteiger partial charge in [-0.25, -0.2) is 0 Å². The molecule has 1 aliphatic rings.